The molecule has 1 aliphatic heterocycles. The lowest BCUT2D eigenvalue weighted by molar-refractivity contribution is -0.144. The van der Waals surface area contributed by atoms with Gasteiger partial charge in [0, 0.05) is 0 Å². The van der Waals surface area contributed by atoms with E-state index < -0.39 is 78.4 Å². The molecule has 0 spiro atoms. The number of alkyl carbamates (subject to hydrolysis) is 1. The largest absolute Gasteiger partial charge is 0.464 e. The molecule has 40 heavy (non-hydrogen) atoms. The minimum atomic E-state index is -1.52. The third-order valence-corrected chi connectivity index (χ3v) is 5.31. The molecule has 6 amide bonds. The summed E-state index contributed by atoms with van der Waals surface area (Å²) in [4.78, 5) is 84.5. The van der Waals surface area contributed by atoms with Crippen LogP contribution in [0.3, 0.4) is 0 Å². The number of nitrogens with two attached hydrogens (primary N) is 1. The first-order valence-corrected chi connectivity index (χ1v) is 12.2. The maximum atomic E-state index is 12.6. The molecule has 2 rings (SSSR count). The fraction of sp³-hybridized carbons (Fsp3) is 0.458. The summed E-state index contributed by atoms with van der Waals surface area (Å²) >= 11 is 0. The number of carbonyl (C=O) groups excluding carboxylic acids is 7. The molecule has 1 fully saturated rings. The van der Waals surface area contributed by atoms with Crippen molar-refractivity contribution in [2.75, 3.05) is 6.61 Å². The van der Waals surface area contributed by atoms with Crippen LogP contribution in [0, 0.1) is 0 Å². The van der Waals surface area contributed by atoms with E-state index in [1.807, 2.05) is 16.9 Å². The van der Waals surface area contributed by atoms with Crippen molar-refractivity contribution in [3.8, 4) is 0 Å². The van der Waals surface area contributed by atoms with E-state index in [0.717, 1.165) is 5.56 Å². The van der Waals surface area contributed by atoms with Gasteiger partial charge in [0.25, 0.3) is 11.8 Å². The van der Waals surface area contributed by atoms with Crippen molar-refractivity contribution >= 4 is 41.6 Å². The smallest absolute Gasteiger partial charge is 0.408 e. The van der Waals surface area contributed by atoms with E-state index in [9.17, 15) is 33.6 Å². The molecule has 218 valence electrons. The molecule has 0 saturated carbocycles. The fourth-order valence-electron chi connectivity index (χ4n) is 3.12. The second-order valence-corrected chi connectivity index (χ2v) is 8.60. The minimum Gasteiger partial charge on any atom is -0.464 e. The summed E-state index contributed by atoms with van der Waals surface area (Å²) in [7, 11) is 0. The molecule has 1 saturated heterocycles. The second kappa shape index (κ2) is 15.0. The number of esters is 1. The Bertz CT molecular complexity index is 1110. The summed E-state index contributed by atoms with van der Waals surface area (Å²) in [6, 6.07) is 5.06. The third kappa shape index (κ3) is 10.2. The standard InChI is InChI=1S/C24H32N6O10/c1-4-38-23(36)18-17(40-18)22(35)30-29-21(34)15(10-16(25)31)28-20(33)12(2)26-19(32)13(3)27-24(37)39-11-14-8-6-5-7-9-14/h5-9,12-13,15,17-18H,4,10-11H2,1-3H3,(H2,25,31)(H,26,32)(H,27,37)(H,28,33)(H,29,34)(H,30,35)/t12-,13-,15-,17?,18?/m0/s1. The zero-order valence-electron chi connectivity index (χ0n) is 22.1. The molecule has 16 heteroatoms. The molecular weight excluding hydrogens is 532 g/mol. The van der Waals surface area contributed by atoms with Crippen LogP contribution in [0.5, 0.6) is 0 Å². The Balaban J connectivity index is 1.81. The molecule has 7 N–H and O–H groups in total. The highest BCUT2D eigenvalue weighted by atomic mass is 16.6. The Labute approximate surface area is 229 Å². The summed E-state index contributed by atoms with van der Waals surface area (Å²) in [5, 5.41) is 6.93. The summed E-state index contributed by atoms with van der Waals surface area (Å²) < 4.78 is 14.7. The number of hydrazine groups is 1. The van der Waals surface area contributed by atoms with Gasteiger partial charge in [-0.05, 0) is 26.3 Å². The lowest BCUT2D eigenvalue weighted by Crippen LogP contribution is -2.58. The number of epoxide rings is 1. The van der Waals surface area contributed by atoms with E-state index in [1.165, 1.54) is 13.8 Å². The molecule has 0 aromatic heterocycles. The summed E-state index contributed by atoms with van der Waals surface area (Å²) in [6.45, 7) is 4.33. The average Bonchev–Trinajstić information content (AvgIpc) is 3.71. The van der Waals surface area contributed by atoms with E-state index in [2.05, 4.69) is 16.0 Å². The van der Waals surface area contributed by atoms with Gasteiger partial charge in [-0.2, -0.15) is 0 Å². The van der Waals surface area contributed by atoms with Gasteiger partial charge in [0.05, 0.1) is 13.0 Å². The van der Waals surface area contributed by atoms with Crippen molar-refractivity contribution in [2.24, 2.45) is 5.73 Å². The molecule has 0 aliphatic carbocycles. The van der Waals surface area contributed by atoms with Gasteiger partial charge >= 0.3 is 12.1 Å². The first-order chi connectivity index (χ1) is 18.9. The lowest BCUT2D eigenvalue weighted by atomic mass is 10.1. The van der Waals surface area contributed by atoms with Crippen LogP contribution in [0.1, 0.15) is 32.8 Å². The van der Waals surface area contributed by atoms with Gasteiger partial charge < -0.3 is 35.9 Å². The summed E-state index contributed by atoms with van der Waals surface area (Å²) in [6.07, 6.45) is -3.77. The van der Waals surface area contributed by atoms with Gasteiger partial charge in [-0.3, -0.25) is 34.8 Å². The highest BCUT2D eigenvalue weighted by Crippen LogP contribution is 2.23. The molecular formula is C24H32N6O10. The van der Waals surface area contributed by atoms with Crippen LogP contribution in [-0.2, 0) is 49.6 Å². The highest BCUT2D eigenvalue weighted by molar-refractivity contribution is 5.97. The average molecular weight is 565 g/mol. The maximum absolute atomic E-state index is 12.6. The van der Waals surface area contributed by atoms with Crippen molar-refractivity contribution in [1.29, 1.82) is 0 Å². The molecule has 2 unspecified atom stereocenters. The first-order valence-electron chi connectivity index (χ1n) is 12.2. The number of hydrogen-bond donors (Lipinski definition) is 6. The number of rotatable bonds is 13. The van der Waals surface area contributed by atoms with Crippen molar-refractivity contribution in [3.63, 3.8) is 0 Å². The molecule has 1 aromatic rings. The van der Waals surface area contributed by atoms with Crippen LogP contribution in [-0.4, -0.2) is 78.5 Å². The quantitative estimate of drug-likeness (QED) is 0.0847. The molecule has 5 atom stereocenters. The van der Waals surface area contributed by atoms with Gasteiger partial charge in [-0.1, -0.05) is 30.3 Å². The van der Waals surface area contributed by atoms with Gasteiger partial charge in [-0.25, -0.2) is 9.59 Å². The number of hydrogen-bond acceptors (Lipinski definition) is 10. The number of amides is 6. The summed E-state index contributed by atoms with van der Waals surface area (Å²) in [5.74, 6) is -5.15. The molecule has 16 nitrogen and oxygen atoms in total. The Morgan fingerprint density at radius 2 is 1.48 bits per heavy atom. The van der Waals surface area contributed by atoms with Crippen LogP contribution in [0.4, 0.5) is 4.79 Å². The van der Waals surface area contributed by atoms with Crippen LogP contribution >= 0.6 is 0 Å². The van der Waals surface area contributed by atoms with E-state index in [0.29, 0.717) is 0 Å². The fourth-order valence-corrected chi connectivity index (χ4v) is 3.12. The Kier molecular flexibility index (Phi) is 11.8. The number of primary amides is 1. The van der Waals surface area contributed by atoms with Crippen LogP contribution < -0.4 is 32.5 Å². The van der Waals surface area contributed by atoms with Gasteiger partial charge in [-0.15, -0.1) is 0 Å². The Morgan fingerprint density at radius 1 is 0.850 bits per heavy atom. The predicted molar refractivity (Wildman–Crippen MR) is 134 cm³/mol. The number of carbonyl (C=O) groups is 7. The zero-order valence-corrected chi connectivity index (χ0v) is 22.1. The van der Waals surface area contributed by atoms with Crippen molar-refractivity contribution in [2.45, 2.75) is 64.1 Å². The van der Waals surface area contributed by atoms with Crippen LogP contribution in [0.15, 0.2) is 30.3 Å². The second-order valence-electron chi connectivity index (χ2n) is 8.60. The molecule has 1 heterocycles. The zero-order chi connectivity index (χ0) is 29.8. The molecule has 1 aromatic carbocycles. The minimum absolute atomic E-state index is 0.0107. The number of ether oxygens (including phenoxy) is 3. The normalized spacial score (nSPS) is 17.6. The maximum Gasteiger partial charge on any atom is 0.408 e. The highest BCUT2D eigenvalue weighted by Gasteiger charge is 2.51. The van der Waals surface area contributed by atoms with E-state index >= 15 is 0 Å². The SMILES string of the molecule is CCOC(=O)C1OC1C(=O)NNC(=O)[C@H](CC(N)=O)NC(=O)[C@H](C)NC(=O)[C@H](C)NC(=O)OCc1ccccc1. The van der Waals surface area contributed by atoms with Gasteiger partial charge in [0.2, 0.25) is 17.7 Å². The van der Waals surface area contributed by atoms with Crippen molar-refractivity contribution in [1.82, 2.24) is 26.8 Å². The van der Waals surface area contributed by atoms with Crippen LogP contribution in [0.2, 0.25) is 0 Å². The molecule has 0 radical (unpaired) electrons. The Hall–Kier alpha value is -4.73. The lowest BCUT2D eigenvalue weighted by Gasteiger charge is -2.21. The molecule has 0 bridgehead atoms. The predicted octanol–water partition coefficient (Wildman–Crippen LogP) is -2.36. The third-order valence-electron chi connectivity index (χ3n) is 5.31. The van der Waals surface area contributed by atoms with Gasteiger partial charge in [0.1, 0.15) is 24.7 Å². The monoisotopic (exact) mass is 564 g/mol. The Morgan fingerprint density at radius 3 is 2.10 bits per heavy atom. The topological polar surface area (TPSA) is 237 Å². The summed E-state index contributed by atoms with van der Waals surface area (Å²) in [5.41, 5.74) is 9.93. The van der Waals surface area contributed by atoms with Crippen molar-refractivity contribution in [3.05, 3.63) is 35.9 Å². The van der Waals surface area contributed by atoms with Crippen LogP contribution in [0.25, 0.3) is 0 Å². The van der Waals surface area contributed by atoms with Gasteiger partial charge in [0.15, 0.2) is 12.2 Å². The first kappa shape index (κ1) is 31.5. The number of nitrogens with one attached hydrogen (secondary N) is 5. The number of benzene rings is 1. The molecule has 1 aliphatic rings. The van der Waals surface area contributed by atoms with E-state index in [1.54, 1.807) is 31.2 Å². The van der Waals surface area contributed by atoms with Crippen molar-refractivity contribution < 1.29 is 47.8 Å². The van der Waals surface area contributed by atoms with E-state index in [4.69, 9.17) is 19.9 Å². The van der Waals surface area contributed by atoms with E-state index in [-0.39, 0.29) is 13.2 Å².